The van der Waals surface area contributed by atoms with Crippen molar-refractivity contribution in [1.82, 2.24) is 0 Å². The van der Waals surface area contributed by atoms with E-state index in [1.807, 2.05) is 0 Å². The fourth-order valence-electron chi connectivity index (χ4n) is 0.368. The van der Waals surface area contributed by atoms with Gasteiger partial charge in [-0.2, -0.15) is 0 Å². The molecule has 5 heteroatoms. The van der Waals surface area contributed by atoms with Crippen LogP contribution in [0.1, 0.15) is 0 Å². The van der Waals surface area contributed by atoms with Gasteiger partial charge in [0.15, 0.2) is 0 Å². The van der Waals surface area contributed by atoms with Crippen molar-refractivity contribution in [3.8, 4) is 11.5 Å². The van der Waals surface area contributed by atoms with Gasteiger partial charge in [0.25, 0.3) is 10.9 Å². The van der Waals surface area contributed by atoms with Gasteiger partial charge in [-0.3, -0.25) is 9.59 Å². The van der Waals surface area contributed by atoms with Crippen LogP contribution in [0.3, 0.4) is 0 Å². The van der Waals surface area contributed by atoms with Gasteiger partial charge in [-0.05, 0) is 0 Å². The fraction of sp³-hybridized carbons (Fsp3) is 0. The molecule has 0 aliphatic rings. The quantitative estimate of drug-likeness (QED) is 0.381. The standard InChI is InChI=1S/C4H2O4.Cu/c5-1-2(6)4(8)3(1)7;/h5-6H;. The predicted octanol–water partition coefficient (Wildman–Crippen LogP) is -1.31. The van der Waals surface area contributed by atoms with Gasteiger partial charge < -0.3 is 10.2 Å². The molecule has 2 N–H and O–H groups in total. The second-order valence-corrected chi connectivity index (χ2v) is 1.36. The Morgan fingerprint density at radius 1 is 0.889 bits per heavy atom. The second-order valence-electron chi connectivity index (χ2n) is 1.36. The van der Waals surface area contributed by atoms with E-state index in [-0.39, 0.29) is 17.1 Å². The molecule has 0 atom stereocenters. The van der Waals surface area contributed by atoms with Gasteiger partial charge in [0, 0.05) is 17.1 Å². The summed E-state index contributed by atoms with van der Waals surface area (Å²) in [6, 6.07) is 0. The third kappa shape index (κ3) is 0.842. The third-order valence-corrected chi connectivity index (χ3v) is 0.861. The Bertz CT molecular complexity index is 253. The number of hydrogen-bond acceptors (Lipinski definition) is 4. The molecule has 0 fully saturated rings. The Morgan fingerprint density at radius 3 is 1.22 bits per heavy atom. The van der Waals surface area contributed by atoms with Crippen molar-refractivity contribution in [1.29, 1.82) is 0 Å². The van der Waals surface area contributed by atoms with Crippen molar-refractivity contribution in [3.63, 3.8) is 0 Å². The van der Waals surface area contributed by atoms with Crippen molar-refractivity contribution in [2.24, 2.45) is 0 Å². The smallest absolute Gasteiger partial charge is 0.275 e. The molecule has 0 aliphatic carbocycles. The molecule has 0 spiro atoms. The van der Waals surface area contributed by atoms with Crippen molar-refractivity contribution < 1.29 is 27.3 Å². The van der Waals surface area contributed by atoms with Gasteiger partial charge in [0.2, 0.25) is 11.5 Å². The molecule has 4 nitrogen and oxygen atoms in total. The van der Waals surface area contributed by atoms with Crippen molar-refractivity contribution in [3.05, 3.63) is 20.4 Å². The van der Waals surface area contributed by atoms with Crippen LogP contribution >= 0.6 is 0 Å². The average Bonchev–Trinajstić information content (AvgIpc) is 1.83. The molecule has 0 amide bonds. The Hall–Kier alpha value is -0.801. The molecule has 1 aromatic rings. The molecule has 1 aromatic carbocycles. The minimum absolute atomic E-state index is 0. The van der Waals surface area contributed by atoms with Gasteiger partial charge in [-0.25, -0.2) is 0 Å². The largest absolute Gasteiger partial charge is 0.501 e. The van der Waals surface area contributed by atoms with E-state index in [1.165, 1.54) is 0 Å². The minimum Gasteiger partial charge on any atom is -0.501 e. The van der Waals surface area contributed by atoms with E-state index >= 15 is 0 Å². The van der Waals surface area contributed by atoms with Crippen molar-refractivity contribution in [2.75, 3.05) is 0 Å². The van der Waals surface area contributed by atoms with E-state index in [4.69, 9.17) is 10.2 Å². The third-order valence-electron chi connectivity index (χ3n) is 0.861. The molecule has 0 saturated carbocycles. The maximum absolute atomic E-state index is 9.95. The Morgan fingerprint density at radius 2 is 1.11 bits per heavy atom. The zero-order valence-electron chi connectivity index (χ0n) is 4.01. The van der Waals surface area contributed by atoms with Crippen LogP contribution in [-0.2, 0) is 17.1 Å². The molecule has 0 bridgehead atoms. The Balaban J connectivity index is 0.000000640. The minimum atomic E-state index is -1.01. The van der Waals surface area contributed by atoms with Gasteiger partial charge in [-0.15, -0.1) is 0 Å². The van der Waals surface area contributed by atoms with E-state index in [1.54, 1.807) is 0 Å². The van der Waals surface area contributed by atoms with E-state index < -0.39 is 22.4 Å². The molecule has 0 aliphatic heterocycles. The van der Waals surface area contributed by atoms with Gasteiger partial charge in [0.1, 0.15) is 0 Å². The van der Waals surface area contributed by atoms with Crippen LogP contribution < -0.4 is 10.9 Å². The summed E-state index contributed by atoms with van der Waals surface area (Å²) in [5.74, 6) is -1.65. The molecular weight excluding hydrogens is 176 g/mol. The van der Waals surface area contributed by atoms with E-state index in [0.717, 1.165) is 0 Å². The summed E-state index contributed by atoms with van der Waals surface area (Å²) in [5, 5.41) is 16.4. The summed E-state index contributed by atoms with van der Waals surface area (Å²) in [6.45, 7) is 0. The van der Waals surface area contributed by atoms with Crippen LogP contribution in [0.2, 0.25) is 0 Å². The summed E-state index contributed by atoms with van der Waals surface area (Å²) in [4.78, 5) is 19.9. The maximum atomic E-state index is 9.95. The Labute approximate surface area is 59.9 Å². The van der Waals surface area contributed by atoms with Crippen LogP contribution in [0.4, 0.5) is 0 Å². The van der Waals surface area contributed by atoms with E-state index in [0.29, 0.717) is 0 Å². The zero-order chi connectivity index (χ0) is 6.31. The average molecular weight is 178 g/mol. The summed E-state index contributed by atoms with van der Waals surface area (Å²) >= 11 is 0. The first-order valence-electron chi connectivity index (χ1n) is 1.86. The Kier molecular flexibility index (Phi) is 2.01. The molecule has 0 aromatic heterocycles. The van der Waals surface area contributed by atoms with Crippen LogP contribution in [0.5, 0.6) is 11.5 Å². The van der Waals surface area contributed by atoms with E-state index in [2.05, 4.69) is 0 Å². The first-order valence-corrected chi connectivity index (χ1v) is 1.86. The maximum Gasteiger partial charge on any atom is 0.275 e. The first-order chi connectivity index (χ1) is 3.64. The zero-order valence-corrected chi connectivity index (χ0v) is 4.95. The molecule has 9 heavy (non-hydrogen) atoms. The molecule has 0 unspecified atom stereocenters. The van der Waals surface area contributed by atoms with Crippen LogP contribution in [0, 0.1) is 0 Å². The molecule has 0 saturated heterocycles. The summed E-state index contributed by atoms with van der Waals surface area (Å²) < 4.78 is 0. The predicted molar refractivity (Wildman–Crippen MR) is 24.7 cm³/mol. The first kappa shape index (κ1) is 8.20. The fourth-order valence-corrected chi connectivity index (χ4v) is 0.368. The molecule has 1 rings (SSSR count). The van der Waals surface area contributed by atoms with Crippen LogP contribution in [-0.4, -0.2) is 10.2 Å². The molecule has 1 radical (unpaired) electrons. The molecule has 0 heterocycles. The summed E-state index contributed by atoms with van der Waals surface area (Å²) in [5.41, 5.74) is -2.02. The van der Waals surface area contributed by atoms with Crippen molar-refractivity contribution >= 4 is 0 Å². The van der Waals surface area contributed by atoms with Gasteiger partial charge in [-0.1, -0.05) is 0 Å². The molecular formula is C4H2CuO4. The summed E-state index contributed by atoms with van der Waals surface area (Å²) in [6.07, 6.45) is 0. The topological polar surface area (TPSA) is 74.6 Å². The second kappa shape index (κ2) is 2.21. The van der Waals surface area contributed by atoms with Crippen molar-refractivity contribution in [2.45, 2.75) is 0 Å². The van der Waals surface area contributed by atoms with Crippen LogP contribution in [0.15, 0.2) is 9.59 Å². The number of rotatable bonds is 0. The van der Waals surface area contributed by atoms with E-state index in [9.17, 15) is 9.59 Å². The van der Waals surface area contributed by atoms with Gasteiger partial charge in [0.05, 0.1) is 0 Å². The number of aromatic hydroxyl groups is 2. The number of hydrogen-bond donors (Lipinski definition) is 2. The SMILES string of the molecule is O=c1c(O)c(O)c1=O.[Cu]. The normalized spacial score (nSPS) is 8.89. The molecule has 53 valence electrons. The van der Waals surface area contributed by atoms with Crippen LogP contribution in [0.25, 0.3) is 0 Å². The monoisotopic (exact) mass is 177 g/mol. The van der Waals surface area contributed by atoms with Gasteiger partial charge >= 0.3 is 0 Å². The summed E-state index contributed by atoms with van der Waals surface area (Å²) in [7, 11) is 0.